The van der Waals surface area contributed by atoms with Gasteiger partial charge in [-0.25, -0.2) is 0 Å². The molecule has 1 aromatic carbocycles. The maximum atomic E-state index is 12.3. The van der Waals surface area contributed by atoms with Crippen molar-refractivity contribution in [3.05, 3.63) is 23.3 Å². The molecule has 2 N–H and O–H groups in total. The smallest absolute Gasteiger partial charge is 0.242 e. The first-order valence-electron chi connectivity index (χ1n) is 7.14. The number of carbonyl (C=O) groups is 1. The molecule has 0 radical (unpaired) electrons. The molecule has 1 heterocycles. The lowest BCUT2D eigenvalue weighted by molar-refractivity contribution is -0.117. The maximum Gasteiger partial charge on any atom is 0.242 e. The summed E-state index contributed by atoms with van der Waals surface area (Å²) in [6, 6.07) is 3.96. The molecule has 1 atom stereocenters. The van der Waals surface area contributed by atoms with Crippen LogP contribution in [0.25, 0.3) is 0 Å². The first-order valence-corrected chi connectivity index (χ1v) is 8.29. The van der Waals surface area contributed by atoms with Crippen molar-refractivity contribution in [3.8, 4) is 5.75 Å². The predicted molar refractivity (Wildman–Crippen MR) is 89.3 cm³/mol. The molecule has 0 aromatic heterocycles. The van der Waals surface area contributed by atoms with Crippen LogP contribution >= 0.6 is 11.8 Å². The van der Waals surface area contributed by atoms with Gasteiger partial charge in [-0.05, 0) is 24.0 Å². The fraction of sp³-hybridized carbons (Fsp3) is 0.562. The van der Waals surface area contributed by atoms with Crippen LogP contribution in [0.1, 0.15) is 31.9 Å². The minimum atomic E-state index is -0.127. The van der Waals surface area contributed by atoms with Gasteiger partial charge in [0.05, 0.1) is 18.8 Å². The topological polar surface area (TPSA) is 50.4 Å². The van der Waals surface area contributed by atoms with Crippen molar-refractivity contribution in [1.29, 1.82) is 0 Å². The normalized spacial score (nSPS) is 18.6. The molecule has 4 nitrogen and oxygen atoms in total. The minimum Gasteiger partial charge on any atom is -0.494 e. The summed E-state index contributed by atoms with van der Waals surface area (Å²) in [4.78, 5) is 12.3. The summed E-state index contributed by atoms with van der Waals surface area (Å²) < 4.78 is 5.58. The number of hydrogen-bond acceptors (Lipinski definition) is 4. The van der Waals surface area contributed by atoms with Crippen molar-refractivity contribution in [3.63, 3.8) is 0 Å². The Bertz CT molecular complexity index is 532. The second kappa shape index (κ2) is 6.28. The Morgan fingerprint density at radius 1 is 1.43 bits per heavy atom. The average Bonchev–Trinajstić information content (AvgIpc) is 2.91. The zero-order valence-electron chi connectivity index (χ0n) is 13.4. The number of rotatable bonds is 3. The van der Waals surface area contributed by atoms with Gasteiger partial charge in [0.2, 0.25) is 5.91 Å². The number of benzene rings is 1. The lowest BCUT2D eigenvalue weighted by Crippen LogP contribution is -2.37. The van der Waals surface area contributed by atoms with Crippen LogP contribution in [0.5, 0.6) is 5.75 Å². The van der Waals surface area contributed by atoms with E-state index in [2.05, 4.69) is 37.5 Å². The van der Waals surface area contributed by atoms with Gasteiger partial charge < -0.3 is 10.1 Å². The van der Waals surface area contributed by atoms with E-state index in [-0.39, 0.29) is 17.4 Å². The van der Waals surface area contributed by atoms with Crippen molar-refractivity contribution in [2.24, 2.45) is 0 Å². The Balaban J connectivity index is 2.34. The van der Waals surface area contributed by atoms with Gasteiger partial charge >= 0.3 is 0 Å². The van der Waals surface area contributed by atoms with Crippen LogP contribution in [0.4, 0.5) is 5.69 Å². The quantitative estimate of drug-likeness (QED) is 0.901. The third kappa shape index (κ3) is 3.71. The molecule has 0 spiro atoms. The van der Waals surface area contributed by atoms with Crippen LogP contribution < -0.4 is 15.4 Å². The van der Waals surface area contributed by atoms with Gasteiger partial charge in [0.15, 0.2) is 0 Å². The van der Waals surface area contributed by atoms with Crippen molar-refractivity contribution < 1.29 is 9.53 Å². The predicted octanol–water partition coefficient (Wildman–Crippen LogP) is 2.90. The molecule has 1 saturated heterocycles. The summed E-state index contributed by atoms with van der Waals surface area (Å²) in [5, 5.41) is 6.20. The van der Waals surface area contributed by atoms with Gasteiger partial charge in [0.1, 0.15) is 5.75 Å². The van der Waals surface area contributed by atoms with Crippen molar-refractivity contribution in [1.82, 2.24) is 5.32 Å². The summed E-state index contributed by atoms with van der Waals surface area (Å²) in [7, 11) is 1.65. The van der Waals surface area contributed by atoms with Crippen molar-refractivity contribution in [2.75, 3.05) is 24.1 Å². The number of ether oxygens (including phenoxy) is 1. The Hall–Kier alpha value is -1.20. The molecule has 116 valence electrons. The van der Waals surface area contributed by atoms with E-state index in [1.54, 1.807) is 18.9 Å². The van der Waals surface area contributed by atoms with E-state index in [9.17, 15) is 4.79 Å². The number of hydrogen-bond donors (Lipinski definition) is 2. The van der Waals surface area contributed by atoms with Gasteiger partial charge in [0.25, 0.3) is 0 Å². The number of methoxy groups -OCH3 is 1. The van der Waals surface area contributed by atoms with Gasteiger partial charge in [-0.2, -0.15) is 0 Å². The number of thioether (sulfide) groups is 1. The monoisotopic (exact) mass is 308 g/mol. The van der Waals surface area contributed by atoms with E-state index in [1.807, 2.05) is 13.0 Å². The molecule has 21 heavy (non-hydrogen) atoms. The maximum absolute atomic E-state index is 12.3. The molecule has 0 aliphatic carbocycles. The first kappa shape index (κ1) is 16.2. The van der Waals surface area contributed by atoms with Crippen molar-refractivity contribution in [2.45, 2.75) is 39.2 Å². The van der Waals surface area contributed by atoms with E-state index < -0.39 is 0 Å². The third-order valence-corrected chi connectivity index (χ3v) is 4.48. The largest absolute Gasteiger partial charge is 0.494 e. The fourth-order valence-electron chi connectivity index (χ4n) is 2.43. The van der Waals surface area contributed by atoms with Crippen molar-refractivity contribution >= 4 is 23.4 Å². The second-order valence-electron chi connectivity index (χ2n) is 6.40. The van der Waals surface area contributed by atoms with Crippen LogP contribution in [0.15, 0.2) is 12.1 Å². The molecule has 1 aliphatic heterocycles. The minimum absolute atomic E-state index is 0.00348. The fourth-order valence-corrected chi connectivity index (χ4v) is 3.37. The molecular weight excluding hydrogens is 284 g/mol. The van der Waals surface area contributed by atoms with Crippen LogP contribution in [0.2, 0.25) is 0 Å². The molecule has 0 bridgehead atoms. The Labute approximate surface area is 131 Å². The SMILES string of the molecule is COc1c(NC(=O)C2CSCN2)cc(C)cc1C(C)(C)C. The Morgan fingerprint density at radius 2 is 2.14 bits per heavy atom. The van der Waals surface area contributed by atoms with Crippen LogP contribution in [-0.4, -0.2) is 30.7 Å². The summed E-state index contributed by atoms with van der Waals surface area (Å²) in [5.41, 5.74) is 2.93. The molecule has 1 aliphatic rings. The zero-order valence-corrected chi connectivity index (χ0v) is 14.2. The van der Waals surface area contributed by atoms with E-state index in [4.69, 9.17) is 4.74 Å². The highest BCUT2D eigenvalue weighted by Gasteiger charge is 2.26. The molecule has 1 fully saturated rings. The van der Waals surface area contributed by atoms with E-state index in [1.165, 1.54) is 0 Å². The lowest BCUT2D eigenvalue weighted by atomic mass is 9.85. The van der Waals surface area contributed by atoms with Crippen LogP contribution in [0.3, 0.4) is 0 Å². The molecular formula is C16H24N2O2S. The highest BCUT2D eigenvalue weighted by atomic mass is 32.2. The molecule has 0 saturated carbocycles. The zero-order chi connectivity index (χ0) is 15.6. The number of anilines is 1. The summed E-state index contributed by atoms with van der Waals surface area (Å²) >= 11 is 1.74. The summed E-state index contributed by atoms with van der Waals surface area (Å²) in [6.45, 7) is 8.47. The van der Waals surface area contributed by atoms with Crippen LogP contribution in [-0.2, 0) is 10.2 Å². The summed E-state index contributed by atoms with van der Waals surface area (Å²) in [5.74, 6) is 2.40. The van der Waals surface area contributed by atoms with Crippen LogP contribution in [0, 0.1) is 6.92 Å². The third-order valence-electron chi connectivity index (χ3n) is 3.54. The van der Waals surface area contributed by atoms with E-state index in [0.717, 1.165) is 34.2 Å². The van der Waals surface area contributed by atoms with Gasteiger partial charge in [0, 0.05) is 17.2 Å². The number of amides is 1. The molecule has 5 heteroatoms. The number of nitrogens with one attached hydrogen (secondary N) is 2. The Morgan fingerprint density at radius 3 is 2.67 bits per heavy atom. The number of aryl methyl sites for hydroxylation is 1. The Kier molecular flexibility index (Phi) is 4.84. The lowest BCUT2D eigenvalue weighted by Gasteiger charge is -2.25. The van der Waals surface area contributed by atoms with E-state index in [0.29, 0.717) is 0 Å². The standard InChI is InChI=1S/C16H24N2O2S/c1-10-6-11(16(2,3)4)14(20-5)12(7-10)18-15(19)13-8-21-9-17-13/h6-7,13,17H,8-9H2,1-5H3,(H,18,19). The first-order chi connectivity index (χ1) is 9.82. The molecule has 1 amide bonds. The molecule has 1 aromatic rings. The second-order valence-corrected chi connectivity index (χ2v) is 7.43. The molecule has 1 unspecified atom stereocenters. The van der Waals surface area contributed by atoms with E-state index >= 15 is 0 Å². The highest BCUT2D eigenvalue weighted by molar-refractivity contribution is 7.99. The van der Waals surface area contributed by atoms with Gasteiger partial charge in [-0.15, -0.1) is 11.8 Å². The average molecular weight is 308 g/mol. The number of carbonyl (C=O) groups excluding carboxylic acids is 1. The highest BCUT2D eigenvalue weighted by Crippen LogP contribution is 2.38. The van der Waals surface area contributed by atoms with Gasteiger partial charge in [-0.1, -0.05) is 26.8 Å². The van der Waals surface area contributed by atoms with Gasteiger partial charge in [-0.3, -0.25) is 10.1 Å². The summed E-state index contributed by atoms with van der Waals surface area (Å²) in [6.07, 6.45) is 0. The molecule has 2 rings (SSSR count).